The number of anilines is 1. The Morgan fingerprint density at radius 1 is 1.22 bits per heavy atom. The molecule has 122 valence electrons. The number of carbonyl (C=O) groups is 2. The zero-order valence-electron chi connectivity index (χ0n) is 13.3. The normalized spacial score (nSPS) is 10.4. The van der Waals surface area contributed by atoms with Crippen LogP contribution in [0.5, 0.6) is 0 Å². The number of nitrogens with one attached hydrogen (secondary N) is 1. The molecule has 1 amide bonds. The molecule has 2 rings (SSSR count). The van der Waals surface area contributed by atoms with E-state index in [1.807, 2.05) is 36.6 Å². The Hall–Kier alpha value is -2.18. The topological polar surface area (TPSA) is 64.6 Å². The van der Waals surface area contributed by atoms with Gasteiger partial charge in [0.15, 0.2) is 0 Å². The second kappa shape index (κ2) is 7.89. The van der Waals surface area contributed by atoms with Crippen LogP contribution in [0.1, 0.15) is 22.8 Å². The fourth-order valence-electron chi connectivity index (χ4n) is 2.10. The van der Waals surface area contributed by atoms with Gasteiger partial charge in [-0.15, -0.1) is 11.3 Å². The van der Waals surface area contributed by atoms with Crippen LogP contribution in [-0.2, 0) is 14.3 Å². The summed E-state index contributed by atoms with van der Waals surface area (Å²) in [7, 11) is 1.44. The van der Waals surface area contributed by atoms with E-state index in [9.17, 15) is 9.59 Å². The van der Waals surface area contributed by atoms with E-state index >= 15 is 0 Å². The molecule has 1 N–H and O–H groups in total. The Morgan fingerprint density at radius 2 is 1.91 bits per heavy atom. The molecule has 0 saturated carbocycles. The minimum Gasteiger partial charge on any atom is -0.462 e. The van der Waals surface area contributed by atoms with Crippen molar-refractivity contribution < 1.29 is 19.1 Å². The van der Waals surface area contributed by atoms with Gasteiger partial charge in [0.1, 0.15) is 17.2 Å². The summed E-state index contributed by atoms with van der Waals surface area (Å²) in [6.07, 6.45) is 0. The third-order valence-electron chi connectivity index (χ3n) is 3.16. The first-order chi connectivity index (χ1) is 11.1. The van der Waals surface area contributed by atoms with Crippen molar-refractivity contribution in [2.45, 2.75) is 13.8 Å². The third-order valence-corrected chi connectivity index (χ3v) is 4.06. The van der Waals surface area contributed by atoms with Crippen LogP contribution in [0, 0.1) is 6.92 Å². The van der Waals surface area contributed by atoms with Crippen LogP contribution < -0.4 is 5.32 Å². The molecule has 0 aliphatic rings. The number of aryl methyl sites for hydroxylation is 1. The van der Waals surface area contributed by atoms with Gasteiger partial charge in [0, 0.05) is 18.1 Å². The van der Waals surface area contributed by atoms with Gasteiger partial charge in [0.2, 0.25) is 0 Å². The molecule has 1 aromatic carbocycles. The van der Waals surface area contributed by atoms with E-state index in [1.54, 1.807) is 6.92 Å². The molecular weight excluding hydrogens is 314 g/mol. The molecule has 0 bridgehead atoms. The van der Waals surface area contributed by atoms with Crippen LogP contribution in [-0.4, -0.2) is 32.2 Å². The molecule has 0 saturated heterocycles. The van der Waals surface area contributed by atoms with Crippen molar-refractivity contribution in [3.63, 3.8) is 0 Å². The zero-order valence-corrected chi connectivity index (χ0v) is 14.2. The fraction of sp³-hybridized carbons (Fsp3) is 0.294. The molecule has 1 heterocycles. The van der Waals surface area contributed by atoms with E-state index < -0.39 is 5.97 Å². The maximum atomic E-state index is 12.3. The highest BCUT2D eigenvalue weighted by atomic mass is 32.1. The second-order valence-electron chi connectivity index (χ2n) is 4.92. The average molecular weight is 333 g/mol. The van der Waals surface area contributed by atoms with Crippen molar-refractivity contribution in [3.8, 4) is 11.1 Å². The summed E-state index contributed by atoms with van der Waals surface area (Å²) >= 11 is 1.30. The Bertz CT molecular complexity index is 691. The molecule has 0 aliphatic carbocycles. The first kappa shape index (κ1) is 17.2. The van der Waals surface area contributed by atoms with Gasteiger partial charge in [0.25, 0.3) is 5.91 Å². The van der Waals surface area contributed by atoms with E-state index in [0.29, 0.717) is 10.6 Å². The average Bonchev–Trinajstić information content (AvgIpc) is 2.92. The standard InChI is InChI=1S/C17H19NO4S/c1-4-22-17(20)15-13(12-7-5-11(2)6-8-12)10-23-16(15)18-14(19)9-21-3/h5-8,10H,4,9H2,1-3H3,(H,18,19). The summed E-state index contributed by atoms with van der Waals surface area (Å²) in [6, 6.07) is 7.85. The molecule has 0 aliphatic heterocycles. The summed E-state index contributed by atoms with van der Waals surface area (Å²) in [4.78, 5) is 24.1. The van der Waals surface area contributed by atoms with Gasteiger partial charge < -0.3 is 14.8 Å². The summed E-state index contributed by atoms with van der Waals surface area (Å²) in [6.45, 7) is 3.95. The lowest BCUT2D eigenvalue weighted by atomic mass is 10.0. The van der Waals surface area contributed by atoms with Crippen LogP contribution in [0.4, 0.5) is 5.00 Å². The monoisotopic (exact) mass is 333 g/mol. The van der Waals surface area contributed by atoms with Gasteiger partial charge >= 0.3 is 5.97 Å². The van der Waals surface area contributed by atoms with Gasteiger partial charge in [-0.25, -0.2) is 4.79 Å². The van der Waals surface area contributed by atoms with Crippen LogP contribution >= 0.6 is 11.3 Å². The molecule has 0 radical (unpaired) electrons. The third kappa shape index (κ3) is 4.18. The number of benzene rings is 1. The largest absolute Gasteiger partial charge is 0.462 e. The lowest BCUT2D eigenvalue weighted by molar-refractivity contribution is -0.119. The fourth-order valence-corrected chi connectivity index (χ4v) is 3.07. The molecule has 2 aromatic rings. The quantitative estimate of drug-likeness (QED) is 0.822. The highest BCUT2D eigenvalue weighted by molar-refractivity contribution is 7.15. The minimum absolute atomic E-state index is 0.0694. The molecule has 0 fully saturated rings. The van der Waals surface area contributed by atoms with Crippen molar-refractivity contribution in [2.24, 2.45) is 0 Å². The Labute approximate surface area is 139 Å². The van der Waals surface area contributed by atoms with Crippen molar-refractivity contribution in [1.82, 2.24) is 0 Å². The highest BCUT2D eigenvalue weighted by Gasteiger charge is 2.22. The number of methoxy groups -OCH3 is 1. The molecular formula is C17H19NO4S. The van der Waals surface area contributed by atoms with Gasteiger partial charge in [0.05, 0.1) is 6.61 Å². The van der Waals surface area contributed by atoms with Crippen LogP contribution in [0.25, 0.3) is 11.1 Å². The molecule has 1 aromatic heterocycles. The molecule has 0 spiro atoms. The number of rotatable bonds is 6. The number of amides is 1. The van der Waals surface area contributed by atoms with Crippen LogP contribution in [0.2, 0.25) is 0 Å². The molecule has 5 nitrogen and oxygen atoms in total. The van der Waals surface area contributed by atoms with E-state index in [-0.39, 0.29) is 19.1 Å². The summed E-state index contributed by atoms with van der Waals surface area (Å²) in [5, 5.41) is 5.03. The molecule has 6 heteroatoms. The number of thiophene rings is 1. The summed E-state index contributed by atoms with van der Waals surface area (Å²) in [5.74, 6) is -0.757. The molecule has 0 unspecified atom stereocenters. The van der Waals surface area contributed by atoms with E-state index in [2.05, 4.69) is 5.32 Å². The SMILES string of the molecule is CCOC(=O)c1c(-c2ccc(C)cc2)csc1NC(=O)COC. The smallest absolute Gasteiger partial charge is 0.341 e. The predicted molar refractivity (Wildman–Crippen MR) is 91.0 cm³/mol. The Kier molecular flexibility index (Phi) is 5.90. The number of ether oxygens (including phenoxy) is 2. The van der Waals surface area contributed by atoms with E-state index in [4.69, 9.17) is 9.47 Å². The van der Waals surface area contributed by atoms with Crippen molar-refractivity contribution in [1.29, 1.82) is 0 Å². The van der Waals surface area contributed by atoms with Crippen molar-refractivity contribution in [3.05, 3.63) is 40.8 Å². The second-order valence-corrected chi connectivity index (χ2v) is 5.80. The lowest BCUT2D eigenvalue weighted by Crippen LogP contribution is -2.18. The van der Waals surface area contributed by atoms with Crippen molar-refractivity contribution >= 4 is 28.2 Å². The zero-order chi connectivity index (χ0) is 16.8. The lowest BCUT2D eigenvalue weighted by Gasteiger charge is -2.08. The van der Waals surface area contributed by atoms with Crippen LogP contribution in [0.3, 0.4) is 0 Å². The maximum absolute atomic E-state index is 12.3. The Balaban J connectivity index is 2.42. The molecule has 0 atom stereocenters. The van der Waals surface area contributed by atoms with Gasteiger partial charge in [-0.1, -0.05) is 29.8 Å². The number of carbonyl (C=O) groups excluding carboxylic acids is 2. The van der Waals surface area contributed by atoms with Gasteiger partial charge in [-0.2, -0.15) is 0 Å². The number of hydrogen-bond acceptors (Lipinski definition) is 5. The highest BCUT2D eigenvalue weighted by Crippen LogP contribution is 2.36. The van der Waals surface area contributed by atoms with Gasteiger partial charge in [-0.3, -0.25) is 4.79 Å². The number of esters is 1. The summed E-state index contributed by atoms with van der Waals surface area (Å²) in [5.41, 5.74) is 3.17. The Morgan fingerprint density at radius 3 is 2.52 bits per heavy atom. The van der Waals surface area contributed by atoms with E-state index in [0.717, 1.165) is 16.7 Å². The minimum atomic E-state index is -0.447. The first-order valence-electron chi connectivity index (χ1n) is 7.21. The van der Waals surface area contributed by atoms with E-state index in [1.165, 1.54) is 18.4 Å². The first-order valence-corrected chi connectivity index (χ1v) is 8.09. The van der Waals surface area contributed by atoms with Gasteiger partial charge in [-0.05, 0) is 19.4 Å². The predicted octanol–water partition coefficient (Wildman–Crippen LogP) is 3.49. The maximum Gasteiger partial charge on any atom is 0.341 e. The number of hydrogen-bond donors (Lipinski definition) is 1. The summed E-state index contributed by atoms with van der Waals surface area (Å²) < 4.78 is 9.94. The van der Waals surface area contributed by atoms with Crippen molar-refractivity contribution in [2.75, 3.05) is 25.6 Å². The van der Waals surface area contributed by atoms with Crippen LogP contribution in [0.15, 0.2) is 29.6 Å². The molecule has 23 heavy (non-hydrogen) atoms.